The van der Waals surface area contributed by atoms with Crippen molar-refractivity contribution in [2.24, 2.45) is 0 Å². The summed E-state index contributed by atoms with van der Waals surface area (Å²) in [6.45, 7) is 0. The zero-order valence-corrected chi connectivity index (χ0v) is 22.7. The van der Waals surface area contributed by atoms with Gasteiger partial charge in [0.1, 0.15) is 23.0 Å². The van der Waals surface area contributed by atoms with Crippen LogP contribution in [0.2, 0.25) is 0 Å². The molecule has 0 bridgehead atoms. The molecular formula is C34H36O4. The van der Waals surface area contributed by atoms with Gasteiger partial charge in [0, 0.05) is 0 Å². The Morgan fingerprint density at radius 2 is 0.526 bits per heavy atom. The quantitative estimate of drug-likeness (QED) is 0.188. The van der Waals surface area contributed by atoms with E-state index in [1.807, 2.05) is 48.5 Å². The van der Waals surface area contributed by atoms with E-state index >= 15 is 0 Å². The first kappa shape index (κ1) is 26.9. The molecule has 4 rings (SSSR count). The van der Waals surface area contributed by atoms with Crippen LogP contribution < -0.4 is 18.9 Å². The first-order valence-electron chi connectivity index (χ1n) is 12.8. The molecule has 4 nitrogen and oxygen atoms in total. The smallest absolute Gasteiger partial charge is 0.118 e. The van der Waals surface area contributed by atoms with Crippen LogP contribution in [-0.4, -0.2) is 28.4 Å². The Morgan fingerprint density at radius 3 is 0.684 bits per heavy atom. The second-order valence-electron chi connectivity index (χ2n) is 9.31. The van der Waals surface area contributed by atoms with Crippen molar-refractivity contribution < 1.29 is 18.9 Å². The fraction of sp³-hybridized carbons (Fsp3) is 0.235. The highest BCUT2D eigenvalue weighted by Gasteiger charge is 2.13. The summed E-state index contributed by atoms with van der Waals surface area (Å²) < 4.78 is 21.6. The van der Waals surface area contributed by atoms with Crippen LogP contribution in [0.4, 0.5) is 0 Å². The van der Waals surface area contributed by atoms with Crippen molar-refractivity contribution in [3.05, 3.63) is 130 Å². The summed E-state index contributed by atoms with van der Waals surface area (Å²) in [5.74, 6) is 3.47. The predicted octanol–water partition coefficient (Wildman–Crippen LogP) is 7.29. The molecule has 0 N–H and O–H groups in total. The number of allylic oxidation sites excluding steroid dienone is 2. The number of methoxy groups -OCH3 is 4. The molecule has 4 aromatic rings. The molecule has 0 saturated heterocycles. The molecule has 4 aromatic carbocycles. The van der Waals surface area contributed by atoms with Crippen LogP contribution in [0.25, 0.3) is 0 Å². The van der Waals surface area contributed by atoms with E-state index in [1.54, 1.807) is 28.4 Å². The zero-order chi connectivity index (χ0) is 26.7. The summed E-state index contributed by atoms with van der Waals surface area (Å²) in [6, 6.07) is 33.5. The van der Waals surface area contributed by atoms with E-state index in [4.69, 9.17) is 18.9 Å². The zero-order valence-electron chi connectivity index (χ0n) is 22.7. The Morgan fingerprint density at radius 1 is 0.342 bits per heavy atom. The lowest BCUT2D eigenvalue weighted by molar-refractivity contribution is 0.414. The Bertz CT molecular complexity index is 1100. The van der Waals surface area contributed by atoms with Crippen LogP contribution in [0.15, 0.2) is 108 Å². The van der Waals surface area contributed by atoms with Crippen LogP contribution in [-0.2, 0) is 25.7 Å². The lowest BCUT2D eigenvalue weighted by atomic mass is 9.87. The molecule has 0 spiro atoms. The summed E-state index contributed by atoms with van der Waals surface area (Å²) >= 11 is 0. The Labute approximate surface area is 226 Å². The van der Waals surface area contributed by atoms with Gasteiger partial charge in [-0.25, -0.2) is 0 Å². The average molecular weight is 509 g/mol. The highest BCUT2D eigenvalue weighted by atomic mass is 16.5. The largest absolute Gasteiger partial charge is 0.497 e. The number of ether oxygens (including phenoxy) is 4. The van der Waals surface area contributed by atoms with Gasteiger partial charge in [-0.05, 0) is 96.5 Å². The van der Waals surface area contributed by atoms with Crippen molar-refractivity contribution in [1.82, 2.24) is 0 Å². The maximum atomic E-state index is 5.39. The van der Waals surface area contributed by atoms with Gasteiger partial charge in [-0.1, -0.05) is 59.7 Å². The van der Waals surface area contributed by atoms with Crippen molar-refractivity contribution in [1.29, 1.82) is 0 Å². The Hall–Kier alpha value is -4.18. The van der Waals surface area contributed by atoms with E-state index in [0.29, 0.717) is 0 Å². The summed E-state index contributed by atoms with van der Waals surface area (Å²) in [7, 11) is 6.80. The highest BCUT2D eigenvalue weighted by Crippen LogP contribution is 2.27. The number of hydrogen-bond donors (Lipinski definition) is 0. The van der Waals surface area contributed by atoms with Gasteiger partial charge < -0.3 is 18.9 Å². The lowest BCUT2D eigenvalue weighted by Gasteiger charge is -2.18. The molecule has 0 aliphatic rings. The van der Waals surface area contributed by atoms with E-state index in [9.17, 15) is 0 Å². The minimum atomic E-state index is 0.859. The molecule has 0 aliphatic heterocycles. The highest BCUT2D eigenvalue weighted by molar-refractivity contribution is 5.40. The molecule has 0 aliphatic carbocycles. The molecule has 0 heterocycles. The van der Waals surface area contributed by atoms with Gasteiger partial charge >= 0.3 is 0 Å². The van der Waals surface area contributed by atoms with Crippen LogP contribution in [0.3, 0.4) is 0 Å². The number of benzene rings is 4. The van der Waals surface area contributed by atoms with Gasteiger partial charge in [-0.3, -0.25) is 0 Å². The molecule has 38 heavy (non-hydrogen) atoms. The maximum Gasteiger partial charge on any atom is 0.118 e. The van der Waals surface area contributed by atoms with E-state index in [2.05, 4.69) is 48.5 Å². The van der Waals surface area contributed by atoms with E-state index < -0.39 is 0 Å². The van der Waals surface area contributed by atoms with Crippen molar-refractivity contribution >= 4 is 0 Å². The fourth-order valence-electron chi connectivity index (χ4n) is 4.58. The van der Waals surface area contributed by atoms with Gasteiger partial charge in [0.25, 0.3) is 0 Å². The van der Waals surface area contributed by atoms with E-state index in [0.717, 1.165) is 48.7 Å². The van der Waals surface area contributed by atoms with Gasteiger partial charge in [0.15, 0.2) is 0 Å². The minimum Gasteiger partial charge on any atom is -0.497 e. The van der Waals surface area contributed by atoms with Crippen molar-refractivity contribution in [3.8, 4) is 23.0 Å². The summed E-state index contributed by atoms with van der Waals surface area (Å²) in [4.78, 5) is 0. The molecular weight excluding hydrogens is 472 g/mol. The lowest BCUT2D eigenvalue weighted by Crippen LogP contribution is -2.06. The molecule has 0 aromatic heterocycles. The maximum absolute atomic E-state index is 5.39. The summed E-state index contributed by atoms with van der Waals surface area (Å²) in [6.07, 6.45) is 3.44. The number of rotatable bonds is 12. The second-order valence-corrected chi connectivity index (χ2v) is 9.31. The second kappa shape index (κ2) is 13.4. The Balaban J connectivity index is 1.75. The molecule has 0 amide bonds. The minimum absolute atomic E-state index is 0.859. The van der Waals surface area contributed by atoms with Crippen LogP contribution in [0, 0.1) is 0 Å². The summed E-state index contributed by atoms with van der Waals surface area (Å²) in [5.41, 5.74) is 7.86. The third-order valence-electron chi connectivity index (χ3n) is 6.81. The molecule has 4 heteroatoms. The first-order valence-corrected chi connectivity index (χ1v) is 12.8. The van der Waals surface area contributed by atoms with Crippen LogP contribution in [0.1, 0.15) is 22.3 Å². The van der Waals surface area contributed by atoms with Crippen LogP contribution >= 0.6 is 0 Å². The summed E-state index contributed by atoms with van der Waals surface area (Å²) in [5, 5.41) is 0. The number of hydrogen-bond acceptors (Lipinski definition) is 4. The fourth-order valence-corrected chi connectivity index (χ4v) is 4.58. The monoisotopic (exact) mass is 508 g/mol. The average Bonchev–Trinajstić information content (AvgIpc) is 2.98. The molecule has 196 valence electrons. The first-order chi connectivity index (χ1) is 18.6. The molecule has 0 fully saturated rings. The van der Waals surface area contributed by atoms with E-state index in [-0.39, 0.29) is 0 Å². The molecule has 0 atom stereocenters. The van der Waals surface area contributed by atoms with Crippen LogP contribution in [0.5, 0.6) is 23.0 Å². The predicted molar refractivity (Wildman–Crippen MR) is 154 cm³/mol. The topological polar surface area (TPSA) is 36.9 Å². The SMILES string of the molecule is COc1ccc(CC(Cc2ccc(OC)cc2)=C(Cc2ccc(OC)cc2)Cc2ccc(OC)cc2)cc1. The third kappa shape index (κ3) is 7.42. The van der Waals surface area contributed by atoms with Crippen molar-refractivity contribution in [2.45, 2.75) is 25.7 Å². The van der Waals surface area contributed by atoms with E-state index in [1.165, 1.54) is 33.4 Å². The Kier molecular flexibility index (Phi) is 9.47. The van der Waals surface area contributed by atoms with Crippen molar-refractivity contribution in [3.63, 3.8) is 0 Å². The standard InChI is InChI=1S/C34H36O4/c1-35-31-13-5-25(6-14-31)21-29(22-26-7-15-32(36-2)16-8-26)30(23-27-9-17-33(37-3)18-10-27)24-28-11-19-34(38-4)20-12-28/h5-20H,21-24H2,1-4H3. The third-order valence-corrected chi connectivity index (χ3v) is 6.81. The van der Waals surface area contributed by atoms with Gasteiger partial charge in [-0.15, -0.1) is 0 Å². The van der Waals surface area contributed by atoms with Gasteiger partial charge in [0.05, 0.1) is 28.4 Å². The molecule has 0 unspecified atom stereocenters. The van der Waals surface area contributed by atoms with Gasteiger partial charge in [0.2, 0.25) is 0 Å². The molecule has 0 radical (unpaired) electrons. The normalized spacial score (nSPS) is 10.5. The van der Waals surface area contributed by atoms with Crippen molar-refractivity contribution in [2.75, 3.05) is 28.4 Å². The van der Waals surface area contributed by atoms with Gasteiger partial charge in [-0.2, -0.15) is 0 Å². The molecule has 0 saturated carbocycles.